The molecule has 0 radical (unpaired) electrons. The van der Waals surface area contributed by atoms with Crippen LogP contribution in [0.3, 0.4) is 0 Å². The van der Waals surface area contributed by atoms with Crippen LogP contribution < -0.4 is 0 Å². The third kappa shape index (κ3) is 3.62. The van der Waals surface area contributed by atoms with Crippen LogP contribution in [0.1, 0.15) is 20.8 Å². The number of benzene rings is 1. The molecule has 2 aromatic rings. The zero-order valence-electron chi connectivity index (χ0n) is 10.1. The second kappa shape index (κ2) is 6.45. The van der Waals surface area contributed by atoms with Crippen molar-refractivity contribution in [3.63, 3.8) is 0 Å². The summed E-state index contributed by atoms with van der Waals surface area (Å²) in [5.41, 5.74) is -0.0505. The van der Waals surface area contributed by atoms with Crippen molar-refractivity contribution in [1.29, 1.82) is 0 Å². The maximum atomic E-state index is 13.8. The molecular weight excluding hydrogens is 267 g/mol. The molecule has 0 aliphatic rings. The lowest BCUT2D eigenvalue weighted by Gasteiger charge is -2.06. The van der Waals surface area contributed by atoms with E-state index in [1.54, 1.807) is 11.3 Å². The Bertz CT molecular complexity index is 552. The number of hydrogen-bond donors (Lipinski definition) is 1. The molecule has 0 amide bonds. The summed E-state index contributed by atoms with van der Waals surface area (Å²) in [5.74, 6) is -1.98. The van der Waals surface area contributed by atoms with Crippen LogP contribution in [0.2, 0.25) is 0 Å². The molecule has 19 heavy (non-hydrogen) atoms. The summed E-state index contributed by atoms with van der Waals surface area (Å²) in [6.45, 7) is 0.565. The molecule has 5 heteroatoms. The molecule has 1 heterocycles. The van der Waals surface area contributed by atoms with Crippen molar-refractivity contribution in [3.05, 3.63) is 57.5 Å². The summed E-state index contributed by atoms with van der Waals surface area (Å²) >= 11 is 1.65. The van der Waals surface area contributed by atoms with Crippen molar-refractivity contribution >= 4 is 17.3 Å². The molecule has 0 aliphatic carbocycles. The summed E-state index contributed by atoms with van der Waals surface area (Å²) in [7, 11) is 0. The second-order valence-electron chi connectivity index (χ2n) is 3.97. The van der Waals surface area contributed by atoms with Gasteiger partial charge in [0.15, 0.2) is 0 Å². The molecule has 0 spiro atoms. The average molecular weight is 280 g/mol. The first-order valence-corrected chi connectivity index (χ1v) is 6.67. The van der Waals surface area contributed by atoms with Crippen LogP contribution in [0.5, 0.6) is 0 Å². The summed E-state index contributed by atoms with van der Waals surface area (Å²) in [5, 5.41) is 10.8. The first-order chi connectivity index (χ1) is 9.18. The summed E-state index contributed by atoms with van der Waals surface area (Å²) in [6.07, 6.45) is 0.776. The summed E-state index contributed by atoms with van der Waals surface area (Å²) < 4.78 is 19.1. The molecule has 0 saturated heterocycles. The van der Waals surface area contributed by atoms with Gasteiger partial charge in [0, 0.05) is 16.9 Å². The second-order valence-corrected chi connectivity index (χ2v) is 5.00. The minimum Gasteiger partial charge on any atom is -0.478 e. The molecule has 0 aliphatic heterocycles. The zero-order valence-corrected chi connectivity index (χ0v) is 11.0. The predicted octanol–water partition coefficient (Wildman–Crippen LogP) is 3.34. The Kier molecular flexibility index (Phi) is 4.65. The van der Waals surface area contributed by atoms with Gasteiger partial charge in [0.25, 0.3) is 0 Å². The van der Waals surface area contributed by atoms with E-state index in [1.165, 1.54) is 23.1 Å². The number of carboxylic acid groups (broad SMARTS) is 1. The quantitative estimate of drug-likeness (QED) is 0.825. The number of aromatic carboxylic acids is 1. The van der Waals surface area contributed by atoms with Crippen LogP contribution in [0.25, 0.3) is 0 Å². The first kappa shape index (κ1) is 13.7. The van der Waals surface area contributed by atoms with E-state index in [2.05, 4.69) is 0 Å². The van der Waals surface area contributed by atoms with Crippen molar-refractivity contribution in [3.8, 4) is 0 Å². The van der Waals surface area contributed by atoms with Gasteiger partial charge in [-0.25, -0.2) is 9.18 Å². The molecule has 1 aromatic carbocycles. The molecule has 0 fully saturated rings. The van der Waals surface area contributed by atoms with Crippen LogP contribution in [0.15, 0.2) is 35.7 Å². The Morgan fingerprint density at radius 2 is 2.16 bits per heavy atom. The van der Waals surface area contributed by atoms with Gasteiger partial charge >= 0.3 is 5.97 Å². The topological polar surface area (TPSA) is 46.5 Å². The van der Waals surface area contributed by atoms with Gasteiger partial charge in [-0.05, 0) is 17.5 Å². The van der Waals surface area contributed by atoms with Gasteiger partial charge in [-0.15, -0.1) is 11.3 Å². The normalized spacial score (nSPS) is 10.6. The minimum atomic E-state index is -1.27. The summed E-state index contributed by atoms with van der Waals surface area (Å²) in [4.78, 5) is 12.0. The van der Waals surface area contributed by atoms with Gasteiger partial charge < -0.3 is 9.84 Å². The van der Waals surface area contributed by atoms with Gasteiger partial charge in [0.2, 0.25) is 0 Å². The maximum Gasteiger partial charge on any atom is 0.338 e. The van der Waals surface area contributed by atoms with E-state index in [4.69, 9.17) is 9.84 Å². The highest BCUT2D eigenvalue weighted by Crippen LogP contribution is 2.15. The molecule has 100 valence electrons. The van der Waals surface area contributed by atoms with E-state index < -0.39 is 11.8 Å². The highest BCUT2D eigenvalue weighted by atomic mass is 32.1. The highest BCUT2D eigenvalue weighted by molar-refractivity contribution is 7.09. The van der Waals surface area contributed by atoms with E-state index in [0.717, 1.165) is 6.42 Å². The Morgan fingerprint density at radius 1 is 1.32 bits per heavy atom. The van der Waals surface area contributed by atoms with Crippen molar-refractivity contribution in [2.24, 2.45) is 0 Å². The maximum absolute atomic E-state index is 13.8. The number of rotatable bonds is 6. The lowest BCUT2D eigenvalue weighted by molar-refractivity contribution is 0.0690. The SMILES string of the molecule is O=C(O)c1cccc(COCCc2cccs2)c1F. The first-order valence-electron chi connectivity index (χ1n) is 5.79. The fourth-order valence-corrected chi connectivity index (χ4v) is 2.36. The van der Waals surface area contributed by atoms with Gasteiger partial charge in [0.1, 0.15) is 5.82 Å². The third-order valence-corrected chi connectivity index (χ3v) is 3.58. The van der Waals surface area contributed by atoms with E-state index >= 15 is 0 Å². The molecule has 0 unspecified atom stereocenters. The van der Waals surface area contributed by atoms with E-state index in [1.807, 2.05) is 17.5 Å². The number of hydrogen-bond acceptors (Lipinski definition) is 3. The number of carbonyl (C=O) groups is 1. The number of carboxylic acids is 1. The Hall–Kier alpha value is -1.72. The van der Waals surface area contributed by atoms with Crippen LogP contribution in [0.4, 0.5) is 4.39 Å². The standard InChI is InChI=1S/C14H13FO3S/c15-13-10(3-1-5-12(13)14(16)17)9-18-7-6-11-4-2-8-19-11/h1-5,8H,6-7,9H2,(H,16,17). The van der Waals surface area contributed by atoms with Crippen molar-refractivity contribution in [1.82, 2.24) is 0 Å². The Morgan fingerprint density at radius 3 is 2.84 bits per heavy atom. The van der Waals surface area contributed by atoms with Crippen LogP contribution in [-0.4, -0.2) is 17.7 Å². The molecule has 0 atom stereocenters. The van der Waals surface area contributed by atoms with E-state index in [9.17, 15) is 9.18 Å². The van der Waals surface area contributed by atoms with Gasteiger partial charge in [-0.1, -0.05) is 18.2 Å². The van der Waals surface area contributed by atoms with E-state index in [-0.39, 0.29) is 17.7 Å². The Labute approximate surface area is 114 Å². The van der Waals surface area contributed by atoms with Crippen LogP contribution in [0, 0.1) is 5.82 Å². The molecule has 1 N–H and O–H groups in total. The molecule has 0 bridgehead atoms. The van der Waals surface area contributed by atoms with E-state index in [0.29, 0.717) is 6.61 Å². The van der Waals surface area contributed by atoms with Crippen LogP contribution in [-0.2, 0) is 17.8 Å². The van der Waals surface area contributed by atoms with Crippen molar-refractivity contribution in [2.45, 2.75) is 13.0 Å². The summed E-state index contributed by atoms with van der Waals surface area (Å²) in [6, 6.07) is 8.28. The minimum absolute atomic E-state index is 0.0817. The predicted molar refractivity (Wildman–Crippen MR) is 71.0 cm³/mol. The fourth-order valence-electron chi connectivity index (χ4n) is 1.67. The van der Waals surface area contributed by atoms with Crippen molar-refractivity contribution < 1.29 is 19.0 Å². The monoisotopic (exact) mass is 280 g/mol. The van der Waals surface area contributed by atoms with Gasteiger partial charge in [-0.3, -0.25) is 0 Å². The largest absolute Gasteiger partial charge is 0.478 e. The van der Waals surface area contributed by atoms with Gasteiger partial charge in [-0.2, -0.15) is 0 Å². The fraction of sp³-hybridized carbons (Fsp3) is 0.214. The number of ether oxygens (including phenoxy) is 1. The molecule has 2 rings (SSSR count). The molecule has 3 nitrogen and oxygen atoms in total. The Balaban J connectivity index is 1.89. The number of halogens is 1. The molecule has 1 aromatic heterocycles. The zero-order chi connectivity index (χ0) is 13.7. The molecular formula is C14H13FO3S. The highest BCUT2D eigenvalue weighted by Gasteiger charge is 2.13. The van der Waals surface area contributed by atoms with Crippen LogP contribution >= 0.6 is 11.3 Å². The van der Waals surface area contributed by atoms with Gasteiger partial charge in [0.05, 0.1) is 18.8 Å². The lowest BCUT2D eigenvalue weighted by atomic mass is 10.1. The number of thiophene rings is 1. The lowest BCUT2D eigenvalue weighted by Crippen LogP contribution is -2.05. The molecule has 0 saturated carbocycles. The smallest absolute Gasteiger partial charge is 0.338 e. The van der Waals surface area contributed by atoms with Crippen molar-refractivity contribution in [2.75, 3.05) is 6.61 Å². The average Bonchev–Trinajstić information content (AvgIpc) is 2.89. The third-order valence-electron chi connectivity index (χ3n) is 2.64.